The normalized spacial score (nSPS) is 20.1. The van der Waals surface area contributed by atoms with E-state index in [0.717, 1.165) is 12.8 Å². The molecule has 0 spiro atoms. The molecule has 1 aliphatic heterocycles. The van der Waals surface area contributed by atoms with Crippen molar-refractivity contribution in [2.75, 3.05) is 13.2 Å². The van der Waals surface area contributed by atoms with E-state index in [2.05, 4.69) is 0 Å². The molecule has 2 rings (SSSR count). The molecule has 0 aromatic heterocycles. The highest BCUT2D eigenvalue weighted by Gasteiger charge is 2.25. The third-order valence-electron chi connectivity index (χ3n) is 2.94. The van der Waals surface area contributed by atoms with Gasteiger partial charge in [0, 0.05) is 18.8 Å². The summed E-state index contributed by atoms with van der Waals surface area (Å²) in [7, 11) is 0. The Hall–Kier alpha value is -0.930. The van der Waals surface area contributed by atoms with Crippen molar-refractivity contribution in [2.24, 2.45) is 5.92 Å². The van der Waals surface area contributed by atoms with Gasteiger partial charge in [-0.15, -0.1) is 0 Å². The molecule has 0 radical (unpaired) electrons. The maximum absolute atomic E-state index is 13.4. The van der Waals surface area contributed by atoms with Crippen LogP contribution in [0.4, 0.5) is 4.39 Å². The Balaban J connectivity index is 2.12. The van der Waals surface area contributed by atoms with E-state index < -0.39 is 6.10 Å². The molecule has 1 aromatic rings. The van der Waals surface area contributed by atoms with E-state index in [-0.39, 0.29) is 11.7 Å². The molecule has 0 amide bonds. The fraction of sp³-hybridized carbons (Fsp3) is 0.500. The molecule has 1 fully saturated rings. The van der Waals surface area contributed by atoms with Crippen molar-refractivity contribution < 1.29 is 14.2 Å². The summed E-state index contributed by atoms with van der Waals surface area (Å²) in [5.41, 5.74) is 0.407. The topological polar surface area (TPSA) is 29.5 Å². The third-order valence-corrected chi connectivity index (χ3v) is 2.94. The molecule has 1 aromatic carbocycles. The van der Waals surface area contributed by atoms with Crippen LogP contribution in [0.2, 0.25) is 0 Å². The maximum atomic E-state index is 13.4. The minimum absolute atomic E-state index is 0.121. The van der Waals surface area contributed by atoms with Crippen molar-refractivity contribution in [3.8, 4) is 0 Å². The molecule has 2 nitrogen and oxygen atoms in total. The summed E-state index contributed by atoms with van der Waals surface area (Å²) in [6.07, 6.45) is 0.903. The highest BCUT2D eigenvalue weighted by atomic mass is 19.1. The summed E-state index contributed by atoms with van der Waals surface area (Å²) in [6, 6.07) is 6.42. The Kier molecular flexibility index (Phi) is 3.34. The third kappa shape index (κ3) is 2.36. The zero-order valence-electron chi connectivity index (χ0n) is 8.53. The van der Waals surface area contributed by atoms with Gasteiger partial charge < -0.3 is 9.84 Å². The van der Waals surface area contributed by atoms with Crippen LogP contribution in [0.1, 0.15) is 24.5 Å². The van der Waals surface area contributed by atoms with Gasteiger partial charge in [0.05, 0.1) is 6.10 Å². The zero-order chi connectivity index (χ0) is 10.7. The summed E-state index contributed by atoms with van der Waals surface area (Å²) >= 11 is 0. The molecule has 15 heavy (non-hydrogen) atoms. The van der Waals surface area contributed by atoms with Gasteiger partial charge in [-0.05, 0) is 24.8 Å². The van der Waals surface area contributed by atoms with Crippen molar-refractivity contribution in [1.29, 1.82) is 0 Å². The van der Waals surface area contributed by atoms with Crippen molar-refractivity contribution in [2.45, 2.75) is 18.9 Å². The molecule has 0 saturated carbocycles. The van der Waals surface area contributed by atoms with Crippen molar-refractivity contribution in [3.05, 3.63) is 35.6 Å². The molecule has 0 aliphatic carbocycles. The number of halogens is 1. The molecule has 3 heteroatoms. The average Bonchev–Trinajstić information content (AvgIpc) is 2.30. The largest absolute Gasteiger partial charge is 0.388 e. The van der Waals surface area contributed by atoms with Crippen LogP contribution in [0.15, 0.2) is 24.3 Å². The van der Waals surface area contributed by atoms with Gasteiger partial charge in [0.1, 0.15) is 5.82 Å². The lowest BCUT2D eigenvalue weighted by Gasteiger charge is -2.27. The van der Waals surface area contributed by atoms with Gasteiger partial charge in [0.25, 0.3) is 0 Å². The summed E-state index contributed by atoms with van der Waals surface area (Å²) in [4.78, 5) is 0. The fourth-order valence-electron chi connectivity index (χ4n) is 2.00. The number of aliphatic hydroxyl groups is 1. The monoisotopic (exact) mass is 210 g/mol. The van der Waals surface area contributed by atoms with E-state index in [1.807, 2.05) is 0 Å². The van der Waals surface area contributed by atoms with Crippen LogP contribution in [0, 0.1) is 11.7 Å². The fourth-order valence-corrected chi connectivity index (χ4v) is 2.00. The molecule has 1 heterocycles. The number of rotatable bonds is 2. The number of hydrogen-bond acceptors (Lipinski definition) is 2. The number of ether oxygens (including phenoxy) is 1. The molecule has 1 atom stereocenters. The van der Waals surface area contributed by atoms with Crippen LogP contribution in [-0.2, 0) is 4.74 Å². The number of hydrogen-bond donors (Lipinski definition) is 1. The molecule has 1 N–H and O–H groups in total. The first-order valence-electron chi connectivity index (χ1n) is 5.29. The lowest BCUT2D eigenvalue weighted by molar-refractivity contribution is 0.00590. The van der Waals surface area contributed by atoms with Gasteiger partial charge in [0.15, 0.2) is 0 Å². The average molecular weight is 210 g/mol. The van der Waals surface area contributed by atoms with Gasteiger partial charge in [-0.2, -0.15) is 0 Å². The van der Waals surface area contributed by atoms with Crippen molar-refractivity contribution in [3.63, 3.8) is 0 Å². The first-order valence-corrected chi connectivity index (χ1v) is 5.29. The molecule has 1 unspecified atom stereocenters. The summed E-state index contributed by atoms with van der Waals surface area (Å²) in [5, 5.41) is 10.0. The van der Waals surface area contributed by atoms with E-state index in [4.69, 9.17) is 4.74 Å². The predicted octanol–water partition coefficient (Wildman–Crippen LogP) is 2.29. The molecule has 82 valence electrons. The first-order chi connectivity index (χ1) is 7.29. The van der Waals surface area contributed by atoms with Gasteiger partial charge in [-0.3, -0.25) is 0 Å². The van der Waals surface area contributed by atoms with Crippen molar-refractivity contribution in [1.82, 2.24) is 0 Å². The van der Waals surface area contributed by atoms with E-state index in [9.17, 15) is 9.50 Å². The molecular weight excluding hydrogens is 195 g/mol. The second kappa shape index (κ2) is 4.73. The molecular formula is C12H15FO2. The highest BCUT2D eigenvalue weighted by Crippen LogP contribution is 2.30. The van der Waals surface area contributed by atoms with E-state index in [0.29, 0.717) is 18.8 Å². The SMILES string of the molecule is OC(c1ccccc1F)C1CCOCC1. The predicted molar refractivity (Wildman–Crippen MR) is 54.9 cm³/mol. The van der Waals surface area contributed by atoms with Crippen LogP contribution in [0.5, 0.6) is 0 Å². The molecule has 1 saturated heterocycles. The van der Waals surface area contributed by atoms with Gasteiger partial charge in [-0.25, -0.2) is 4.39 Å². The minimum atomic E-state index is -0.699. The second-order valence-electron chi connectivity index (χ2n) is 3.92. The standard InChI is InChI=1S/C12H15FO2/c13-11-4-2-1-3-10(11)12(14)9-5-7-15-8-6-9/h1-4,9,12,14H,5-8H2. The Labute approximate surface area is 88.7 Å². The summed E-state index contributed by atoms with van der Waals surface area (Å²) < 4.78 is 18.6. The quantitative estimate of drug-likeness (QED) is 0.811. The van der Waals surface area contributed by atoms with Crippen LogP contribution < -0.4 is 0 Å². The Morgan fingerprint density at radius 1 is 1.27 bits per heavy atom. The Bertz CT molecular complexity index is 321. The van der Waals surface area contributed by atoms with E-state index >= 15 is 0 Å². The zero-order valence-corrected chi connectivity index (χ0v) is 8.53. The number of benzene rings is 1. The highest BCUT2D eigenvalue weighted by molar-refractivity contribution is 5.20. The van der Waals surface area contributed by atoms with Gasteiger partial charge in [0.2, 0.25) is 0 Å². The lowest BCUT2D eigenvalue weighted by Crippen LogP contribution is -2.22. The van der Waals surface area contributed by atoms with Gasteiger partial charge >= 0.3 is 0 Å². The minimum Gasteiger partial charge on any atom is -0.388 e. The smallest absolute Gasteiger partial charge is 0.129 e. The summed E-state index contributed by atoms with van der Waals surface area (Å²) in [5.74, 6) is -0.202. The Morgan fingerprint density at radius 3 is 2.60 bits per heavy atom. The van der Waals surface area contributed by atoms with Crippen molar-refractivity contribution >= 4 is 0 Å². The first kappa shape index (κ1) is 10.6. The van der Waals surface area contributed by atoms with E-state index in [1.54, 1.807) is 18.2 Å². The van der Waals surface area contributed by atoms with Crippen LogP contribution in [0.25, 0.3) is 0 Å². The molecule has 0 bridgehead atoms. The van der Waals surface area contributed by atoms with E-state index in [1.165, 1.54) is 6.07 Å². The second-order valence-corrected chi connectivity index (χ2v) is 3.92. The van der Waals surface area contributed by atoms with Gasteiger partial charge in [-0.1, -0.05) is 18.2 Å². The Morgan fingerprint density at radius 2 is 1.93 bits per heavy atom. The van der Waals surface area contributed by atoms with Crippen LogP contribution in [-0.4, -0.2) is 18.3 Å². The summed E-state index contributed by atoms with van der Waals surface area (Å²) in [6.45, 7) is 1.33. The lowest BCUT2D eigenvalue weighted by atomic mass is 9.89. The van der Waals surface area contributed by atoms with Crippen LogP contribution in [0.3, 0.4) is 0 Å². The maximum Gasteiger partial charge on any atom is 0.129 e. The van der Waals surface area contributed by atoms with Crippen LogP contribution >= 0.6 is 0 Å². The number of aliphatic hydroxyl groups excluding tert-OH is 1. The molecule has 1 aliphatic rings.